The molecule has 0 bridgehead atoms. The first-order valence-corrected chi connectivity index (χ1v) is 9.01. The lowest BCUT2D eigenvalue weighted by atomic mass is 10.1. The molecule has 26 heavy (non-hydrogen) atoms. The lowest BCUT2D eigenvalue weighted by Crippen LogP contribution is -2.46. The Morgan fingerprint density at radius 3 is 2.31 bits per heavy atom. The van der Waals surface area contributed by atoms with Crippen molar-refractivity contribution in [1.82, 2.24) is 14.9 Å². The van der Waals surface area contributed by atoms with Crippen LogP contribution in [0.3, 0.4) is 0 Å². The van der Waals surface area contributed by atoms with Gasteiger partial charge in [-0.05, 0) is 26.8 Å². The van der Waals surface area contributed by atoms with Crippen molar-refractivity contribution in [1.29, 1.82) is 0 Å². The van der Waals surface area contributed by atoms with E-state index in [0.29, 0.717) is 0 Å². The lowest BCUT2D eigenvalue weighted by Gasteiger charge is -2.36. The van der Waals surface area contributed by atoms with E-state index in [9.17, 15) is 0 Å². The Kier molecular flexibility index (Phi) is 5.61. The van der Waals surface area contributed by atoms with Crippen molar-refractivity contribution in [2.45, 2.75) is 27.3 Å². The summed E-state index contributed by atoms with van der Waals surface area (Å²) in [7, 11) is 3.42. The number of methoxy groups -OCH3 is 2. The van der Waals surface area contributed by atoms with Gasteiger partial charge in [0.1, 0.15) is 23.6 Å². The smallest absolute Gasteiger partial charge is 0.135 e. The van der Waals surface area contributed by atoms with Gasteiger partial charge in [0, 0.05) is 55.1 Å². The zero-order valence-corrected chi connectivity index (χ0v) is 16.4. The van der Waals surface area contributed by atoms with Crippen LogP contribution in [0.2, 0.25) is 0 Å². The van der Waals surface area contributed by atoms with Gasteiger partial charge in [0.25, 0.3) is 0 Å². The molecule has 3 rings (SSSR count). The molecule has 6 nitrogen and oxygen atoms in total. The van der Waals surface area contributed by atoms with Gasteiger partial charge in [-0.3, -0.25) is 4.90 Å². The van der Waals surface area contributed by atoms with Crippen LogP contribution in [0.5, 0.6) is 11.5 Å². The van der Waals surface area contributed by atoms with Gasteiger partial charge in [0.15, 0.2) is 0 Å². The van der Waals surface area contributed by atoms with Crippen LogP contribution in [-0.2, 0) is 6.54 Å². The second-order valence-electron chi connectivity index (χ2n) is 6.76. The van der Waals surface area contributed by atoms with Crippen LogP contribution in [0, 0.1) is 20.8 Å². The third kappa shape index (κ3) is 3.60. The number of ether oxygens (including phenoxy) is 2. The van der Waals surface area contributed by atoms with E-state index in [1.54, 1.807) is 20.5 Å². The van der Waals surface area contributed by atoms with Gasteiger partial charge in [-0.2, -0.15) is 0 Å². The summed E-state index contributed by atoms with van der Waals surface area (Å²) in [6.45, 7) is 11.0. The van der Waals surface area contributed by atoms with E-state index in [4.69, 9.17) is 9.47 Å². The van der Waals surface area contributed by atoms with E-state index < -0.39 is 0 Å². The molecule has 0 N–H and O–H groups in total. The highest BCUT2D eigenvalue weighted by Gasteiger charge is 2.21. The zero-order chi connectivity index (χ0) is 18.7. The Bertz CT molecular complexity index is 771. The molecular weight excluding hydrogens is 328 g/mol. The molecule has 1 aliphatic rings. The van der Waals surface area contributed by atoms with Crippen molar-refractivity contribution in [3.8, 4) is 11.5 Å². The molecule has 1 saturated heterocycles. The molecule has 0 amide bonds. The van der Waals surface area contributed by atoms with Crippen LogP contribution in [0.25, 0.3) is 0 Å². The maximum atomic E-state index is 5.65. The van der Waals surface area contributed by atoms with E-state index in [1.165, 1.54) is 11.1 Å². The van der Waals surface area contributed by atoms with E-state index in [2.05, 4.69) is 32.8 Å². The zero-order valence-electron chi connectivity index (χ0n) is 16.4. The Morgan fingerprint density at radius 1 is 0.923 bits per heavy atom. The van der Waals surface area contributed by atoms with Crippen LogP contribution < -0.4 is 14.4 Å². The topological polar surface area (TPSA) is 50.7 Å². The Morgan fingerprint density at radius 2 is 1.65 bits per heavy atom. The first kappa shape index (κ1) is 18.5. The molecule has 0 aliphatic carbocycles. The summed E-state index contributed by atoms with van der Waals surface area (Å²) >= 11 is 0. The summed E-state index contributed by atoms with van der Waals surface area (Å²) in [5.41, 5.74) is 4.48. The predicted octanol–water partition coefficient (Wildman–Crippen LogP) is 2.74. The van der Waals surface area contributed by atoms with Gasteiger partial charge in [-0.15, -0.1) is 0 Å². The number of aryl methyl sites for hydroxylation is 1. The largest absolute Gasteiger partial charge is 0.496 e. The monoisotopic (exact) mass is 356 g/mol. The van der Waals surface area contributed by atoms with Gasteiger partial charge in [0.05, 0.1) is 14.2 Å². The molecular formula is C20H28N4O2. The van der Waals surface area contributed by atoms with Crippen LogP contribution >= 0.6 is 0 Å². The molecule has 2 heterocycles. The fourth-order valence-electron chi connectivity index (χ4n) is 3.56. The third-order valence-corrected chi connectivity index (χ3v) is 5.24. The number of benzene rings is 1. The highest BCUT2D eigenvalue weighted by atomic mass is 16.5. The summed E-state index contributed by atoms with van der Waals surface area (Å²) in [6.07, 6.45) is 1.66. The first-order valence-electron chi connectivity index (χ1n) is 9.01. The number of nitrogens with zero attached hydrogens (tertiary/aromatic N) is 4. The molecule has 0 spiro atoms. The lowest BCUT2D eigenvalue weighted by molar-refractivity contribution is 0.245. The van der Waals surface area contributed by atoms with Crippen molar-refractivity contribution >= 4 is 5.82 Å². The quantitative estimate of drug-likeness (QED) is 0.821. The van der Waals surface area contributed by atoms with Crippen LogP contribution in [0.15, 0.2) is 18.5 Å². The third-order valence-electron chi connectivity index (χ3n) is 5.24. The van der Waals surface area contributed by atoms with Crippen molar-refractivity contribution in [2.24, 2.45) is 0 Å². The molecule has 1 aromatic carbocycles. The molecule has 6 heteroatoms. The summed E-state index contributed by atoms with van der Waals surface area (Å²) < 4.78 is 11.0. The van der Waals surface area contributed by atoms with E-state index in [0.717, 1.165) is 61.3 Å². The second-order valence-corrected chi connectivity index (χ2v) is 6.76. The van der Waals surface area contributed by atoms with Crippen molar-refractivity contribution in [2.75, 3.05) is 45.3 Å². The molecule has 0 saturated carbocycles. The minimum atomic E-state index is 0.866. The van der Waals surface area contributed by atoms with Crippen LogP contribution in [0.4, 0.5) is 5.82 Å². The molecule has 140 valence electrons. The van der Waals surface area contributed by atoms with Gasteiger partial charge < -0.3 is 14.4 Å². The van der Waals surface area contributed by atoms with E-state index in [1.807, 2.05) is 19.9 Å². The molecule has 1 fully saturated rings. The second kappa shape index (κ2) is 7.91. The molecule has 1 aromatic heterocycles. The average Bonchev–Trinajstić information content (AvgIpc) is 2.65. The summed E-state index contributed by atoms with van der Waals surface area (Å²) in [5, 5.41) is 0. The minimum Gasteiger partial charge on any atom is -0.496 e. The first-order chi connectivity index (χ1) is 12.5. The van der Waals surface area contributed by atoms with Gasteiger partial charge in [0.2, 0.25) is 0 Å². The maximum absolute atomic E-state index is 5.65. The Hall–Kier alpha value is -2.34. The number of piperazine rings is 1. The highest BCUT2D eigenvalue weighted by molar-refractivity contribution is 5.50. The average molecular weight is 356 g/mol. The fraction of sp³-hybridized carbons (Fsp3) is 0.500. The molecule has 0 radical (unpaired) electrons. The predicted molar refractivity (Wildman–Crippen MR) is 103 cm³/mol. The number of rotatable bonds is 5. The molecule has 0 atom stereocenters. The summed E-state index contributed by atoms with van der Waals surface area (Å²) in [6, 6.07) is 4.13. The molecule has 2 aromatic rings. The van der Waals surface area contributed by atoms with E-state index in [-0.39, 0.29) is 0 Å². The highest BCUT2D eigenvalue weighted by Crippen LogP contribution is 2.32. The number of aromatic nitrogens is 2. The van der Waals surface area contributed by atoms with Gasteiger partial charge in [-0.1, -0.05) is 6.07 Å². The summed E-state index contributed by atoms with van der Waals surface area (Å²) in [5.74, 6) is 2.86. The van der Waals surface area contributed by atoms with Crippen LogP contribution in [-0.4, -0.2) is 55.3 Å². The Balaban J connectivity index is 1.68. The minimum absolute atomic E-state index is 0.866. The normalized spacial score (nSPS) is 15.2. The fourth-order valence-corrected chi connectivity index (χ4v) is 3.56. The number of hydrogen-bond donors (Lipinski definition) is 0. The Labute approximate surface area is 155 Å². The van der Waals surface area contributed by atoms with Crippen molar-refractivity contribution < 1.29 is 9.47 Å². The van der Waals surface area contributed by atoms with Crippen molar-refractivity contribution in [3.05, 3.63) is 40.8 Å². The standard InChI is InChI=1S/C20H28N4O2/c1-14-16(3)21-13-22-20(14)24-10-8-23(9-11-24)12-17-6-7-18(25-4)15(2)19(17)26-5/h6-7,13H,8-12H2,1-5H3. The summed E-state index contributed by atoms with van der Waals surface area (Å²) in [4.78, 5) is 13.6. The SMILES string of the molecule is COc1ccc(CN2CCN(c3ncnc(C)c3C)CC2)c(OC)c1C. The van der Waals surface area contributed by atoms with Crippen molar-refractivity contribution in [3.63, 3.8) is 0 Å². The molecule has 1 aliphatic heterocycles. The molecule has 0 unspecified atom stereocenters. The van der Waals surface area contributed by atoms with Gasteiger partial charge in [-0.25, -0.2) is 9.97 Å². The number of anilines is 1. The maximum Gasteiger partial charge on any atom is 0.135 e. The van der Waals surface area contributed by atoms with Crippen LogP contribution in [0.1, 0.15) is 22.4 Å². The number of hydrogen-bond acceptors (Lipinski definition) is 6. The van der Waals surface area contributed by atoms with Gasteiger partial charge >= 0.3 is 0 Å². The van der Waals surface area contributed by atoms with E-state index >= 15 is 0 Å².